The zero-order chi connectivity index (χ0) is 6.50. The van der Waals surface area contributed by atoms with Crippen LogP contribution in [0.2, 0.25) is 0 Å². The molecule has 0 atom stereocenters. The van der Waals surface area contributed by atoms with Gasteiger partial charge in [0.05, 0.1) is 0 Å². The molecule has 0 amide bonds. The van der Waals surface area contributed by atoms with Gasteiger partial charge in [-0.2, -0.15) is 0 Å². The van der Waals surface area contributed by atoms with E-state index in [1.54, 1.807) is 15.9 Å². The average Bonchev–Trinajstić information content (AvgIpc) is 1.36. The Hall–Kier alpha value is 1.03. The molecule has 0 spiro atoms. The molecule has 0 aliphatic heterocycles. The van der Waals surface area contributed by atoms with Gasteiger partial charge in [0.25, 0.3) is 0 Å². The van der Waals surface area contributed by atoms with Crippen molar-refractivity contribution in [2.45, 2.75) is 0 Å². The molecule has 0 radical (unpaired) electrons. The summed E-state index contributed by atoms with van der Waals surface area (Å²) in [5.74, 6) is 0. The van der Waals surface area contributed by atoms with Crippen LogP contribution in [0.15, 0.2) is 0 Å². The molecule has 47 valence electrons. The van der Waals surface area contributed by atoms with Crippen molar-refractivity contribution in [3.05, 3.63) is 0 Å². The van der Waals surface area contributed by atoms with Crippen LogP contribution in [-0.2, 0) is 24.3 Å². The maximum absolute atomic E-state index is 8.88. The zero-order valence-corrected chi connectivity index (χ0v) is 6.06. The van der Waals surface area contributed by atoms with E-state index in [-0.39, 0.29) is 20.3 Å². The van der Waals surface area contributed by atoms with Gasteiger partial charge in [-0.25, -0.2) is 4.57 Å². The van der Waals surface area contributed by atoms with Crippen LogP contribution in [0, 0.1) is 0 Å². The average molecular weight is 177 g/mol. The van der Waals surface area contributed by atoms with Gasteiger partial charge >= 0.3 is 46.5 Å². The second-order valence-corrected chi connectivity index (χ2v) is 1.54. The van der Waals surface area contributed by atoms with Crippen LogP contribution < -0.4 is 18.9 Å². The van der Waals surface area contributed by atoms with E-state index in [1.807, 2.05) is 0 Å². The van der Waals surface area contributed by atoms with Gasteiger partial charge in [-0.15, -0.1) is 0 Å². The van der Waals surface area contributed by atoms with Crippen LogP contribution in [0.4, 0.5) is 0 Å². The summed E-state index contributed by atoms with van der Waals surface area (Å²) in [5.41, 5.74) is 0. The van der Waals surface area contributed by atoms with Gasteiger partial charge in [0.1, 0.15) is 0 Å². The molecule has 0 aromatic heterocycles. The predicted octanol–water partition coefficient (Wildman–Crippen LogP) is -3.93. The minimum atomic E-state index is -4.64. The molecule has 0 aliphatic carbocycles. The predicted molar refractivity (Wildman–Crippen MR) is 16.1 cm³/mol. The molecule has 8 heteroatoms. The first kappa shape index (κ1) is 16.0. The summed E-state index contributed by atoms with van der Waals surface area (Å²) in [6.07, 6.45) is 0. The molecule has 0 bridgehead atoms. The molecule has 0 aromatic rings. The number of hydrogen-bond donors (Lipinski definition) is 3. The van der Waals surface area contributed by atoms with E-state index in [2.05, 4.69) is 0 Å². The van der Waals surface area contributed by atoms with E-state index >= 15 is 0 Å². The third-order valence-corrected chi connectivity index (χ3v) is 0. The van der Waals surface area contributed by atoms with E-state index in [0.29, 0.717) is 0 Å². The molecular weight excluding hydrogens is 173 g/mol. The maximum atomic E-state index is 8.88. The Morgan fingerprint density at radius 1 is 1.25 bits per heavy atom. The standard InChI is InChI=1S/Li.Mn.H3O4P.O.H/c;;1-5(2,3)4;;/h;;(H3,1,2,3,4);;/q+1;;;;-1. The van der Waals surface area contributed by atoms with Crippen molar-refractivity contribution in [3.8, 4) is 0 Å². The van der Waals surface area contributed by atoms with Crippen molar-refractivity contribution in [3.63, 3.8) is 0 Å². The molecule has 0 fully saturated rings. The summed E-state index contributed by atoms with van der Waals surface area (Å²) in [6.45, 7) is 0. The fourth-order valence-electron chi connectivity index (χ4n) is 0. The van der Waals surface area contributed by atoms with Gasteiger partial charge in [-0.3, -0.25) is 0 Å². The second-order valence-electron chi connectivity index (χ2n) is 0.513. The van der Waals surface area contributed by atoms with Crippen molar-refractivity contribution >= 4 is 7.82 Å². The quantitative estimate of drug-likeness (QED) is 0.259. The number of hydrogen-bond acceptors (Lipinski definition) is 2. The molecule has 0 rings (SSSR count). The van der Waals surface area contributed by atoms with Gasteiger partial charge in [-0.05, 0) is 0 Å². The van der Waals surface area contributed by atoms with Crippen LogP contribution >= 0.6 is 7.82 Å². The first-order valence-electron chi connectivity index (χ1n) is 0.937. The van der Waals surface area contributed by atoms with Crippen molar-refractivity contribution in [2.75, 3.05) is 0 Å². The number of phosphoric acid groups is 1. The molecule has 0 aliphatic rings. The fourth-order valence-corrected chi connectivity index (χ4v) is 0. The minimum absolute atomic E-state index is 0. The third kappa shape index (κ3) is 242. The van der Waals surface area contributed by atoms with Crippen molar-refractivity contribution in [2.24, 2.45) is 0 Å². The molecule has 0 saturated carbocycles. The summed E-state index contributed by atoms with van der Waals surface area (Å²) in [4.78, 5) is 21.6. The van der Waals surface area contributed by atoms with Crippen LogP contribution in [0.1, 0.15) is 1.43 Å². The van der Waals surface area contributed by atoms with Crippen molar-refractivity contribution < 1.29 is 59.3 Å². The Morgan fingerprint density at radius 3 is 1.25 bits per heavy atom. The van der Waals surface area contributed by atoms with E-state index in [1.165, 1.54) is 0 Å². The molecule has 0 saturated heterocycles. The zero-order valence-electron chi connectivity index (χ0n) is 4.98. The van der Waals surface area contributed by atoms with E-state index in [0.717, 1.165) is 0 Å². The Balaban J connectivity index is -0.0000000286. The molecule has 0 heterocycles. The normalized spacial score (nSPS) is 7.88. The van der Waals surface area contributed by atoms with Crippen molar-refractivity contribution in [1.82, 2.24) is 0 Å². The Morgan fingerprint density at radius 2 is 1.25 bits per heavy atom. The van der Waals surface area contributed by atoms with Crippen LogP contribution in [0.5, 0.6) is 0 Å². The molecule has 0 aromatic carbocycles. The monoisotopic (exact) mass is 177 g/mol. The fraction of sp³-hybridized carbons (Fsp3) is 0. The molecular formula is H4LiMnO5P. The first-order valence-corrected chi connectivity index (χ1v) is 2.98. The van der Waals surface area contributed by atoms with Gasteiger partial charge in [0, 0.05) is 0 Å². The summed E-state index contributed by atoms with van der Waals surface area (Å²) in [6, 6.07) is 0. The second kappa shape index (κ2) is 8.03. The van der Waals surface area contributed by atoms with E-state index < -0.39 is 7.82 Å². The topological polar surface area (TPSA) is 94.8 Å². The number of rotatable bonds is 0. The Kier molecular flexibility index (Phi) is 16.1. The molecule has 3 N–H and O–H groups in total. The van der Waals surface area contributed by atoms with Gasteiger partial charge in [-0.1, -0.05) is 0 Å². The summed E-state index contributed by atoms with van der Waals surface area (Å²) < 4.78 is 16.9. The molecule has 8 heavy (non-hydrogen) atoms. The molecule has 0 unspecified atom stereocenters. The Bertz CT molecular complexity index is 72.8. The first-order chi connectivity index (χ1) is 3.00. The van der Waals surface area contributed by atoms with Crippen LogP contribution in [0.25, 0.3) is 0 Å². The van der Waals surface area contributed by atoms with Crippen LogP contribution in [0.3, 0.4) is 0 Å². The third-order valence-electron chi connectivity index (χ3n) is 0. The summed E-state index contributed by atoms with van der Waals surface area (Å²) >= 11 is 1.69. The van der Waals surface area contributed by atoms with Gasteiger partial charge in [0.2, 0.25) is 0 Å². The SMILES string of the molecule is O=P(O)(O)O.[H-].[Li+].[O]=[Mn]. The summed E-state index contributed by atoms with van der Waals surface area (Å²) in [5, 5.41) is 0. The van der Waals surface area contributed by atoms with Gasteiger partial charge in [0.15, 0.2) is 0 Å². The van der Waals surface area contributed by atoms with Crippen LogP contribution in [-0.4, -0.2) is 14.7 Å². The molecule has 5 nitrogen and oxygen atoms in total. The van der Waals surface area contributed by atoms with Gasteiger partial charge < -0.3 is 16.1 Å². The Labute approximate surface area is 67.4 Å². The van der Waals surface area contributed by atoms with Crippen molar-refractivity contribution in [1.29, 1.82) is 0 Å². The van der Waals surface area contributed by atoms with E-state index in [9.17, 15) is 0 Å². The summed E-state index contributed by atoms with van der Waals surface area (Å²) in [7, 11) is -4.64. The van der Waals surface area contributed by atoms with E-state index in [4.69, 9.17) is 23.1 Å².